The molecule has 1 aliphatic rings. The van der Waals surface area contributed by atoms with Gasteiger partial charge in [0.25, 0.3) is 0 Å². The van der Waals surface area contributed by atoms with Crippen LogP contribution < -0.4 is 0 Å². The van der Waals surface area contributed by atoms with Gasteiger partial charge in [0.2, 0.25) is 5.91 Å². The second-order valence-electron chi connectivity index (χ2n) is 5.60. The van der Waals surface area contributed by atoms with E-state index >= 15 is 0 Å². The first-order valence-corrected chi connectivity index (χ1v) is 7.32. The molecule has 1 amide bonds. The highest BCUT2D eigenvalue weighted by Crippen LogP contribution is 2.22. The normalized spacial score (nSPS) is 15.3. The number of carbonyl (C=O) groups is 2. The Labute approximate surface area is 121 Å². The number of amides is 1. The molecule has 0 aromatic heterocycles. The highest BCUT2D eigenvalue weighted by molar-refractivity contribution is 5.82. The molecule has 0 unspecified atom stereocenters. The quantitative estimate of drug-likeness (QED) is 0.776. The third-order valence-electron chi connectivity index (χ3n) is 4.00. The number of hydrogen-bond acceptors (Lipinski definition) is 3. The van der Waals surface area contributed by atoms with Crippen LogP contribution in [0.5, 0.6) is 0 Å². The van der Waals surface area contributed by atoms with E-state index in [2.05, 4.69) is 6.08 Å². The van der Waals surface area contributed by atoms with Crippen molar-refractivity contribution < 1.29 is 14.7 Å². The van der Waals surface area contributed by atoms with Crippen LogP contribution in [0.15, 0.2) is 11.8 Å². The summed E-state index contributed by atoms with van der Waals surface area (Å²) in [5.74, 6) is -0.924. The second-order valence-corrected chi connectivity index (χ2v) is 5.60. The van der Waals surface area contributed by atoms with Gasteiger partial charge in [-0.3, -0.25) is 14.5 Å². The van der Waals surface area contributed by atoms with Gasteiger partial charge in [0.15, 0.2) is 0 Å². The van der Waals surface area contributed by atoms with E-state index in [0.717, 1.165) is 25.0 Å². The Morgan fingerprint density at radius 2 is 1.95 bits per heavy atom. The first-order chi connectivity index (χ1) is 9.34. The first kappa shape index (κ1) is 16.7. The van der Waals surface area contributed by atoms with Crippen molar-refractivity contribution in [3.63, 3.8) is 0 Å². The maximum Gasteiger partial charge on any atom is 0.323 e. The summed E-state index contributed by atoms with van der Waals surface area (Å²) < 4.78 is 0. The van der Waals surface area contributed by atoms with Gasteiger partial charge in [0.05, 0.1) is 6.54 Å². The Balaban J connectivity index is 2.78. The van der Waals surface area contributed by atoms with Gasteiger partial charge in [-0.1, -0.05) is 13.0 Å². The van der Waals surface area contributed by atoms with Crippen molar-refractivity contribution in [2.24, 2.45) is 0 Å². The van der Waals surface area contributed by atoms with Crippen molar-refractivity contribution in [3.05, 3.63) is 11.8 Å². The number of carbonyl (C=O) groups excluding carboxylic acids is 1. The van der Waals surface area contributed by atoms with Crippen molar-refractivity contribution in [1.29, 1.82) is 0 Å². The molecule has 0 bridgehead atoms. The zero-order chi connectivity index (χ0) is 15.3. The van der Waals surface area contributed by atoms with E-state index in [0.29, 0.717) is 13.1 Å². The lowest BCUT2D eigenvalue weighted by Crippen LogP contribution is -2.53. The molecule has 1 N–H and O–H groups in total. The highest BCUT2D eigenvalue weighted by Gasteiger charge is 2.35. The fraction of sp³-hybridized carbons (Fsp3) is 0.733. The van der Waals surface area contributed by atoms with Gasteiger partial charge in [-0.15, -0.1) is 0 Å². The fourth-order valence-electron chi connectivity index (χ4n) is 2.53. The van der Waals surface area contributed by atoms with Crippen LogP contribution in [-0.4, -0.2) is 52.0 Å². The SMILES string of the molecule is CCN(C(=O)CN(CC)C(C)(C)C(=O)O)C1=CCCC1. The van der Waals surface area contributed by atoms with Gasteiger partial charge in [0, 0.05) is 12.2 Å². The summed E-state index contributed by atoms with van der Waals surface area (Å²) in [6, 6.07) is 0. The summed E-state index contributed by atoms with van der Waals surface area (Å²) in [6.07, 6.45) is 5.17. The van der Waals surface area contributed by atoms with E-state index in [1.807, 2.05) is 13.8 Å². The van der Waals surface area contributed by atoms with E-state index in [-0.39, 0.29) is 12.5 Å². The Hall–Kier alpha value is -1.36. The number of rotatable bonds is 7. The van der Waals surface area contributed by atoms with E-state index in [1.54, 1.807) is 23.6 Å². The van der Waals surface area contributed by atoms with Gasteiger partial charge in [-0.05, 0) is 46.6 Å². The van der Waals surface area contributed by atoms with Crippen LogP contribution >= 0.6 is 0 Å². The third kappa shape index (κ3) is 3.60. The second kappa shape index (κ2) is 6.88. The monoisotopic (exact) mass is 282 g/mol. The summed E-state index contributed by atoms with van der Waals surface area (Å²) in [5, 5.41) is 9.29. The molecule has 1 aliphatic carbocycles. The van der Waals surface area contributed by atoms with Gasteiger partial charge in [-0.25, -0.2) is 0 Å². The van der Waals surface area contributed by atoms with Crippen molar-refractivity contribution in [3.8, 4) is 0 Å². The molecular weight excluding hydrogens is 256 g/mol. The molecule has 0 spiro atoms. The number of nitrogens with zero attached hydrogens (tertiary/aromatic N) is 2. The minimum Gasteiger partial charge on any atom is -0.480 e. The molecule has 0 saturated carbocycles. The average Bonchev–Trinajstić information content (AvgIpc) is 2.90. The van der Waals surface area contributed by atoms with Crippen LogP contribution in [0.3, 0.4) is 0 Å². The Morgan fingerprint density at radius 1 is 1.30 bits per heavy atom. The van der Waals surface area contributed by atoms with Crippen LogP contribution in [0.2, 0.25) is 0 Å². The molecule has 0 aliphatic heterocycles. The van der Waals surface area contributed by atoms with Gasteiger partial charge in [-0.2, -0.15) is 0 Å². The summed E-state index contributed by atoms with van der Waals surface area (Å²) in [6.45, 7) is 8.41. The van der Waals surface area contributed by atoms with Crippen LogP contribution in [0, 0.1) is 0 Å². The molecule has 114 valence electrons. The van der Waals surface area contributed by atoms with Crippen LogP contribution in [0.1, 0.15) is 47.0 Å². The standard InChI is InChI=1S/C15H26N2O3/c1-5-16(15(3,4)14(19)20)11-13(18)17(6-2)12-9-7-8-10-12/h9H,5-8,10-11H2,1-4H3,(H,19,20). The molecule has 5 heteroatoms. The number of aliphatic carboxylic acids is 1. The number of hydrogen-bond donors (Lipinski definition) is 1. The zero-order valence-electron chi connectivity index (χ0n) is 13.0. The summed E-state index contributed by atoms with van der Waals surface area (Å²) in [7, 11) is 0. The first-order valence-electron chi connectivity index (χ1n) is 7.32. The predicted octanol–water partition coefficient (Wildman–Crippen LogP) is 2.09. The largest absolute Gasteiger partial charge is 0.480 e. The molecule has 0 aromatic carbocycles. The molecule has 1 rings (SSSR count). The molecule has 0 atom stereocenters. The maximum atomic E-state index is 12.5. The molecule has 20 heavy (non-hydrogen) atoms. The Morgan fingerprint density at radius 3 is 2.35 bits per heavy atom. The molecule has 5 nitrogen and oxygen atoms in total. The molecule has 0 aromatic rings. The topological polar surface area (TPSA) is 60.9 Å². The van der Waals surface area contributed by atoms with Crippen molar-refractivity contribution >= 4 is 11.9 Å². The van der Waals surface area contributed by atoms with Crippen LogP contribution in [0.4, 0.5) is 0 Å². The number of carboxylic acids is 1. The Bertz CT molecular complexity index is 402. The molecule has 0 saturated heterocycles. The number of carboxylic acid groups (broad SMARTS) is 1. The zero-order valence-corrected chi connectivity index (χ0v) is 13.0. The molecule has 0 fully saturated rings. The van der Waals surface area contributed by atoms with E-state index in [4.69, 9.17) is 0 Å². The molecule has 0 heterocycles. The smallest absolute Gasteiger partial charge is 0.323 e. The van der Waals surface area contributed by atoms with E-state index < -0.39 is 11.5 Å². The van der Waals surface area contributed by atoms with Crippen LogP contribution in [-0.2, 0) is 9.59 Å². The number of likely N-dealkylation sites (N-methyl/N-ethyl adjacent to an activating group) is 2. The van der Waals surface area contributed by atoms with Crippen LogP contribution in [0.25, 0.3) is 0 Å². The van der Waals surface area contributed by atoms with Gasteiger partial charge >= 0.3 is 5.97 Å². The minimum atomic E-state index is -1.03. The van der Waals surface area contributed by atoms with Crippen molar-refractivity contribution in [2.75, 3.05) is 19.6 Å². The lowest BCUT2D eigenvalue weighted by Gasteiger charge is -2.35. The van der Waals surface area contributed by atoms with E-state index in [1.165, 1.54) is 0 Å². The molecule has 0 radical (unpaired) electrons. The lowest BCUT2D eigenvalue weighted by molar-refractivity contribution is -0.150. The lowest BCUT2D eigenvalue weighted by atomic mass is 10.0. The Kier molecular flexibility index (Phi) is 5.74. The van der Waals surface area contributed by atoms with Crippen molar-refractivity contribution in [1.82, 2.24) is 9.80 Å². The molecular formula is C15H26N2O3. The van der Waals surface area contributed by atoms with E-state index in [9.17, 15) is 14.7 Å². The fourth-order valence-corrected chi connectivity index (χ4v) is 2.53. The maximum absolute atomic E-state index is 12.5. The van der Waals surface area contributed by atoms with Gasteiger partial charge < -0.3 is 10.0 Å². The summed E-state index contributed by atoms with van der Waals surface area (Å²) >= 11 is 0. The summed E-state index contributed by atoms with van der Waals surface area (Å²) in [4.78, 5) is 27.3. The predicted molar refractivity (Wildman–Crippen MR) is 78.3 cm³/mol. The highest BCUT2D eigenvalue weighted by atomic mass is 16.4. The third-order valence-corrected chi connectivity index (χ3v) is 4.00. The summed E-state index contributed by atoms with van der Waals surface area (Å²) in [5.41, 5.74) is 0.0510. The minimum absolute atomic E-state index is 0.0168. The average molecular weight is 282 g/mol. The van der Waals surface area contributed by atoms with Crippen molar-refractivity contribution in [2.45, 2.75) is 52.5 Å². The van der Waals surface area contributed by atoms with Gasteiger partial charge in [0.1, 0.15) is 5.54 Å². The number of allylic oxidation sites excluding steroid dienone is 2.